The molecule has 0 radical (unpaired) electrons. The van der Waals surface area contributed by atoms with E-state index in [9.17, 15) is 9.18 Å². The molecule has 0 fully saturated rings. The minimum absolute atomic E-state index is 0.162. The second-order valence-electron chi connectivity index (χ2n) is 4.70. The fraction of sp³-hybridized carbons (Fsp3) is 0.125. The first-order chi connectivity index (χ1) is 10.7. The van der Waals surface area contributed by atoms with Gasteiger partial charge in [0.15, 0.2) is 0 Å². The standard InChI is InChI=1S/C16H13FN2OS2/c17-14-4-2-1-3-11(14)8-18-15(20)7-13-10-22-16(19-13)12-5-6-21-9-12/h1-6,9-10H,7-8H2,(H,18,20). The number of hydrogen-bond acceptors (Lipinski definition) is 4. The smallest absolute Gasteiger partial charge is 0.226 e. The van der Waals surface area contributed by atoms with Crippen LogP contribution >= 0.6 is 22.7 Å². The SMILES string of the molecule is O=C(Cc1csc(-c2ccsc2)n1)NCc1ccccc1F. The molecule has 0 unspecified atom stereocenters. The number of halogens is 1. The topological polar surface area (TPSA) is 42.0 Å². The molecule has 0 aliphatic carbocycles. The Kier molecular flexibility index (Phi) is 4.60. The van der Waals surface area contributed by atoms with E-state index < -0.39 is 0 Å². The quantitative estimate of drug-likeness (QED) is 0.771. The number of thiazole rings is 1. The molecule has 0 aliphatic heterocycles. The van der Waals surface area contributed by atoms with Gasteiger partial charge in [-0.2, -0.15) is 11.3 Å². The number of aromatic nitrogens is 1. The lowest BCUT2D eigenvalue weighted by molar-refractivity contribution is -0.120. The Bertz CT molecular complexity index is 768. The lowest BCUT2D eigenvalue weighted by Gasteiger charge is -2.05. The van der Waals surface area contributed by atoms with Crippen LogP contribution in [0.25, 0.3) is 10.6 Å². The fourth-order valence-electron chi connectivity index (χ4n) is 1.97. The number of carbonyl (C=O) groups excluding carboxylic acids is 1. The molecule has 22 heavy (non-hydrogen) atoms. The van der Waals surface area contributed by atoms with Gasteiger partial charge in [-0.3, -0.25) is 4.79 Å². The fourth-order valence-corrected chi connectivity index (χ4v) is 3.50. The highest BCUT2D eigenvalue weighted by Gasteiger charge is 2.10. The third kappa shape index (κ3) is 3.58. The number of rotatable bonds is 5. The summed E-state index contributed by atoms with van der Waals surface area (Å²) in [4.78, 5) is 16.4. The molecule has 3 rings (SSSR count). The Morgan fingerprint density at radius 1 is 1.23 bits per heavy atom. The maximum atomic E-state index is 13.5. The van der Waals surface area contributed by atoms with E-state index in [2.05, 4.69) is 10.3 Å². The van der Waals surface area contributed by atoms with E-state index in [-0.39, 0.29) is 24.7 Å². The van der Waals surface area contributed by atoms with Gasteiger partial charge in [0, 0.05) is 28.4 Å². The van der Waals surface area contributed by atoms with Gasteiger partial charge in [0.2, 0.25) is 5.91 Å². The van der Waals surface area contributed by atoms with Crippen molar-refractivity contribution in [1.82, 2.24) is 10.3 Å². The van der Waals surface area contributed by atoms with Crippen LogP contribution < -0.4 is 5.32 Å². The van der Waals surface area contributed by atoms with Crippen LogP contribution in [0.1, 0.15) is 11.3 Å². The summed E-state index contributed by atoms with van der Waals surface area (Å²) < 4.78 is 13.5. The number of hydrogen-bond donors (Lipinski definition) is 1. The number of nitrogens with one attached hydrogen (secondary N) is 1. The van der Waals surface area contributed by atoms with Gasteiger partial charge in [-0.15, -0.1) is 11.3 Å². The normalized spacial score (nSPS) is 10.6. The van der Waals surface area contributed by atoms with E-state index in [0.29, 0.717) is 5.56 Å². The van der Waals surface area contributed by atoms with Crippen LogP contribution in [0.15, 0.2) is 46.5 Å². The van der Waals surface area contributed by atoms with Crippen molar-refractivity contribution in [3.05, 3.63) is 63.5 Å². The first-order valence-corrected chi connectivity index (χ1v) is 8.51. The minimum Gasteiger partial charge on any atom is -0.352 e. The number of amides is 1. The summed E-state index contributed by atoms with van der Waals surface area (Å²) in [5, 5.41) is 9.55. The van der Waals surface area contributed by atoms with Gasteiger partial charge in [-0.25, -0.2) is 9.37 Å². The number of thiophene rings is 1. The number of benzene rings is 1. The number of carbonyl (C=O) groups is 1. The number of nitrogens with zero attached hydrogens (tertiary/aromatic N) is 1. The second-order valence-corrected chi connectivity index (χ2v) is 6.34. The highest BCUT2D eigenvalue weighted by Crippen LogP contribution is 2.25. The average molecular weight is 332 g/mol. The molecular weight excluding hydrogens is 319 g/mol. The van der Waals surface area contributed by atoms with E-state index in [1.54, 1.807) is 29.5 Å². The Labute approximate surface area is 135 Å². The Hall–Kier alpha value is -2.05. The molecular formula is C16H13FN2OS2. The third-order valence-electron chi connectivity index (χ3n) is 3.10. The highest BCUT2D eigenvalue weighted by molar-refractivity contribution is 7.14. The highest BCUT2D eigenvalue weighted by atomic mass is 32.1. The summed E-state index contributed by atoms with van der Waals surface area (Å²) in [6, 6.07) is 8.42. The van der Waals surface area contributed by atoms with Crippen molar-refractivity contribution in [3.63, 3.8) is 0 Å². The van der Waals surface area contributed by atoms with E-state index in [1.165, 1.54) is 17.4 Å². The summed E-state index contributed by atoms with van der Waals surface area (Å²) >= 11 is 3.14. The van der Waals surface area contributed by atoms with Gasteiger partial charge in [-0.1, -0.05) is 18.2 Å². The molecule has 0 saturated carbocycles. The zero-order chi connectivity index (χ0) is 15.4. The van der Waals surface area contributed by atoms with Crippen molar-refractivity contribution in [2.24, 2.45) is 0 Å². The van der Waals surface area contributed by atoms with Crippen molar-refractivity contribution < 1.29 is 9.18 Å². The molecule has 2 aromatic heterocycles. The first kappa shape index (κ1) is 14.9. The lowest BCUT2D eigenvalue weighted by Crippen LogP contribution is -2.25. The largest absolute Gasteiger partial charge is 0.352 e. The summed E-state index contributed by atoms with van der Waals surface area (Å²) in [5.41, 5.74) is 2.29. The molecule has 0 atom stereocenters. The minimum atomic E-state index is -0.309. The average Bonchev–Trinajstić information content (AvgIpc) is 3.17. The molecule has 1 N–H and O–H groups in total. The first-order valence-electron chi connectivity index (χ1n) is 6.69. The van der Waals surface area contributed by atoms with Crippen LogP contribution in [0.2, 0.25) is 0 Å². The van der Waals surface area contributed by atoms with Gasteiger partial charge in [0.1, 0.15) is 10.8 Å². The second kappa shape index (κ2) is 6.81. The van der Waals surface area contributed by atoms with Gasteiger partial charge in [0.05, 0.1) is 12.1 Å². The van der Waals surface area contributed by atoms with E-state index in [0.717, 1.165) is 16.3 Å². The van der Waals surface area contributed by atoms with Crippen LogP contribution in [-0.2, 0) is 17.8 Å². The molecule has 112 valence electrons. The zero-order valence-corrected chi connectivity index (χ0v) is 13.2. The van der Waals surface area contributed by atoms with Crippen molar-refractivity contribution in [2.45, 2.75) is 13.0 Å². The van der Waals surface area contributed by atoms with Gasteiger partial charge in [-0.05, 0) is 17.5 Å². The summed E-state index contributed by atoms with van der Waals surface area (Å²) in [7, 11) is 0. The molecule has 6 heteroatoms. The Morgan fingerprint density at radius 3 is 2.86 bits per heavy atom. The zero-order valence-electron chi connectivity index (χ0n) is 11.6. The molecule has 0 saturated heterocycles. The van der Waals surface area contributed by atoms with Crippen LogP contribution in [0, 0.1) is 5.82 Å². The van der Waals surface area contributed by atoms with Crippen molar-refractivity contribution in [1.29, 1.82) is 0 Å². The molecule has 0 bridgehead atoms. The van der Waals surface area contributed by atoms with Crippen LogP contribution in [0.4, 0.5) is 4.39 Å². The molecule has 1 amide bonds. The summed E-state index contributed by atoms with van der Waals surface area (Å²) in [6.07, 6.45) is 0.203. The summed E-state index contributed by atoms with van der Waals surface area (Å²) in [5.74, 6) is -0.471. The van der Waals surface area contributed by atoms with Crippen LogP contribution in [0.3, 0.4) is 0 Å². The lowest BCUT2D eigenvalue weighted by atomic mass is 10.2. The molecule has 3 nitrogen and oxygen atoms in total. The van der Waals surface area contributed by atoms with Gasteiger partial charge < -0.3 is 5.32 Å². The van der Waals surface area contributed by atoms with Crippen molar-refractivity contribution in [3.8, 4) is 10.6 Å². The maximum absolute atomic E-state index is 13.5. The van der Waals surface area contributed by atoms with Gasteiger partial charge >= 0.3 is 0 Å². The van der Waals surface area contributed by atoms with Gasteiger partial charge in [0.25, 0.3) is 0 Å². The Balaban J connectivity index is 1.57. The molecule has 0 spiro atoms. The third-order valence-corrected chi connectivity index (χ3v) is 4.72. The molecule has 1 aromatic carbocycles. The van der Waals surface area contributed by atoms with Crippen molar-refractivity contribution in [2.75, 3.05) is 0 Å². The van der Waals surface area contributed by atoms with Crippen LogP contribution in [-0.4, -0.2) is 10.9 Å². The predicted molar refractivity (Wildman–Crippen MR) is 87.4 cm³/mol. The predicted octanol–water partition coefficient (Wildman–Crippen LogP) is 3.87. The van der Waals surface area contributed by atoms with Crippen LogP contribution in [0.5, 0.6) is 0 Å². The monoisotopic (exact) mass is 332 g/mol. The summed E-state index contributed by atoms with van der Waals surface area (Å²) in [6.45, 7) is 0.188. The van der Waals surface area contributed by atoms with Crippen molar-refractivity contribution >= 4 is 28.6 Å². The molecule has 0 aliphatic rings. The molecule has 2 heterocycles. The Morgan fingerprint density at radius 2 is 2.09 bits per heavy atom. The van der Waals surface area contributed by atoms with E-state index in [4.69, 9.17) is 0 Å². The maximum Gasteiger partial charge on any atom is 0.226 e. The molecule has 3 aromatic rings. The van der Waals surface area contributed by atoms with E-state index in [1.807, 2.05) is 22.2 Å². The van der Waals surface area contributed by atoms with E-state index >= 15 is 0 Å².